The number of rotatable bonds is 2. The largest absolute Gasteiger partial charge is 0.496 e. The lowest BCUT2D eigenvalue weighted by Crippen LogP contribution is -1.91. The van der Waals surface area contributed by atoms with Crippen molar-refractivity contribution in [3.05, 3.63) is 65.2 Å². The Kier molecular flexibility index (Phi) is 3.37. The van der Waals surface area contributed by atoms with Gasteiger partial charge in [0, 0.05) is 10.6 Å². The molecule has 0 atom stereocenters. The van der Waals surface area contributed by atoms with Crippen LogP contribution >= 0.6 is 11.6 Å². The van der Waals surface area contributed by atoms with E-state index in [0.717, 1.165) is 21.9 Å². The highest BCUT2D eigenvalue weighted by Crippen LogP contribution is 2.39. The molecule has 100 valence electrons. The van der Waals surface area contributed by atoms with Crippen molar-refractivity contribution >= 4 is 22.4 Å². The average Bonchev–Trinajstić information content (AvgIpc) is 2.48. The molecule has 0 aliphatic heterocycles. The minimum absolute atomic E-state index is 0.737. The SMILES string of the molecule is COc1ccc2ccccc2c1-c1cc(Cl)ccc1C. The molecule has 20 heavy (non-hydrogen) atoms. The minimum Gasteiger partial charge on any atom is -0.496 e. The number of ether oxygens (including phenoxy) is 1. The van der Waals surface area contributed by atoms with Crippen LogP contribution in [0.2, 0.25) is 5.02 Å². The summed E-state index contributed by atoms with van der Waals surface area (Å²) in [5, 5.41) is 3.11. The van der Waals surface area contributed by atoms with E-state index in [2.05, 4.69) is 25.1 Å². The summed E-state index contributed by atoms with van der Waals surface area (Å²) in [6, 6.07) is 18.4. The summed E-state index contributed by atoms with van der Waals surface area (Å²) in [6.07, 6.45) is 0. The van der Waals surface area contributed by atoms with Crippen molar-refractivity contribution in [2.24, 2.45) is 0 Å². The second-order valence-electron chi connectivity index (χ2n) is 4.82. The molecule has 0 N–H and O–H groups in total. The topological polar surface area (TPSA) is 9.23 Å². The summed E-state index contributed by atoms with van der Waals surface area (Å²) < 4.78 is 5.56. The lowest BCUT2D eigenvalue weighted by Gasteiger charge is -2.14. The van der Waals surface area contributed by atoms with E-state index < -0.39 is 0 Å². The van der Waals surface area contributed by atoms with Crippen LogP contribution in [0.25, 0.3) is 21.9 Å². The van der Waals surface area contributed by atoms with E-state index in [1.54, 1.807) is 7.11 Å². The number of fused-ring (bicyclic) bond motifs is 1. The van der Waals surface area contributed by atoms with Crippen LogP contribution in [0.1, 0.15) is 5.56 Å². The Bertz CT molecular complexity index is 777. The van der Waals surface area contributed by atoms with E-state index in [4.69, 9.17) is 16.3 Å². The second-order valence-corrected chi connectivity index (χ2v) is 5.26. The van der Waals surface area contributed by atoms with Gasteiger partial charge >= 0.3 is 0 Å². The second kappa shape index (κ2) is 5.18. The molecular weight excluding hydrogens is 268 g/mol. The first-order valence-corrected chi connectivity index (χ1v) is 6.91. The Morgan fingerprint density at radius 3 is 2.55 bits per heavy atom. The normalized spacial score (nSPS) is 10.8. The number of hydrogen-bond donors (Lipinski definition) is 0. The number of hydrogen-bond acceptors (Lipinski definition) is 1. The highest BCUT2D eigenvalue weighted by Gasteiger charge is 2.13. The molecule has 0 radical (unpaired) electrons. The fourth-order valence-electron chi connectivity index (χ4n) is 2.56. The van der Waals surface area contributed by atoms with Gasteiger partial charge in [-0.05, 0) is 47.0 Å². The van der Waals surface area contributed by atoms with Gasteiger partial charge in [-0.15, -0.1) is 0 Å². The standard InChI is InChI=1S/C18H15ClO/c1-12-7-9-14(19)11-16(12)18-15-6-4-3-5-13(15)8-10-17(18)20-2/h3-11H,1-2H3. The summed E-state index contributed by atoms with van der Waals surface area (Å²) in [7, 11) is 1.70. The average molecular weight is 283 g/mol. The van der Waals surface area contributed by atoms with Gasteiger partial charge in [0.15, 0.2) is 0 Å². The van der Waals surface area contributed by atoms with Gasteiger partial charge in [-0.2, -0.15) is 0 Å². The molecule has 0 fully saturated rings. The number of methoxy groups -OCH3 is 1. The minimum atomic E-state index is 0.737. The number of benzene rings is 3. The van der Waals surface area contributed by atoms with Gasteiger partial charge in [-0.1, -0.05) is 48.0 Å². The molecule has 3 aromatic carbocycles. The van der Waals surface area contributed by atoms with Gasteiger partial charge in [0.25, 0.3) is 0 Å². The van der Waals surface area contributed by atoms with Gasteiger partial charge in [-0.3, -0.25) is 0 Å². The van der Waals surface area contributed by atoms with Crippen molar-refractivity contribution in [3.8, 4) is 16.9 Å². The summed E-state index contributed by atoms with van der Waals surface area (Å²) in [4.78, 5) is 0. The number of aryl methyl sites for hydroxylation is 1. The van der Waals surface area contributed by atoms with Crippen LogP contribution in [0.4, 0.5) is 0 Å². The first kappa shape index (κ1) is 13.0. The van der Waals surface area contributed by atoms with Gasteiger partial charge in [0.05, 0.1) is 7.11 Å². The van der Waals surface area contributed by atoms with Crippen LogP contribution in [-0.2, 0) is 0 Å². The zero-order chi connectivity index (χ0) is 14.1. The van der Waals surface area contributed by atoms with Crippen molar-refractivity contribution in [1.29, 1.82) is 0 Å². The van der Waals surface area contributed by atoms with Crippen molar-refractivity contribution < 1.29 is 4.74 Å². The van der Waals surface area contributed by atoms with Crippen molar-refractivity contribution in [2.45, 2.75) is 6.92 Å². The molecule has 0 unspecified atom stereocenters. The lowest BCUT2D eigenvalue weighted by molar-refractivity contribution is 0.417. The Balaban J connectivity index is 2.41. The highest BCUT2D eigenvalue weighted by molar-refractivity contribution is 6.31. The smallest absolute Gasteiger partial charge is 0.127 e. The molecule has 2 heteroatoms. The van der Waals surface area contributed by atoms with Crippen molar-refractivity contribution in [3.63, 3.8) is 0 Å². The summed E-state index contributed by atoms with van der Waals surface area (Å²) in [5.74, 6) is 0.870. The molecule has 0 aromatic heterocycles. The van der Waals surface area contributed by atoms with Crippen LogP contribution in [0.15, 0.2) is 54.6 Å². The third-order valence-electron chi connectivity index (χ3n) is 3.58. The molecule has 0 amide bonds. The quantitative estimate of drug-likeness (QED) is 0.605. The first-order chi connectivity index (χ1) is 9.70. The fourth-order valence-corrected chi connectivity index (χ4v) is 2.74. The van der Waals surface area contributed by atoms with E-state index in [1.807, 2.05) is 36.4 Å². The summed E-state index contributed by atoms with van der Waals surface area (Å²) in [5.41, 5.74) is 3.40. The summed E-state index contributed by atoms with van der Waals surface area (Å²) in [6.45, 7) is 2.09. The monoisotopic (exact) mass is 282 g/mol. The summed E-state index contributed by atoms with van der Waals surface area (Å²) >= 11 is 6.17. The van der Waals surface area contributed by atoms with E-state index in [1.165, 1.54) is 16.3 Å². The Morgan fingerprint density at radius 2 is 1.75 bits per heavy atom. The van der Waals surface area contributed by atoms with Gasteiger partial charge < -0.3 is 4.74 Å². The third-order valence-corrected chi connectivity index (χ3v) is 3.81. The molecular formula is C18H15ClO. The van der Waals surface area contributed by atoms with Crippen molar-refractivity contribution in [1.82, 2.24) is 0 Å². The first-order valence-electron chi connectivity index (χ1n) is 6.53. The Labute approximate surface area is 123 Å². The molecule has 0 aliphatic carbocycles. The van der Waals surface area contributed by atoms with Crippen LogP contribution in [0.5, 0.6) is 5.75 Å². The highest BCUT2D eigenvalue weighted by atomic mass is 35.5. The van der Waals surface area contributed by atoms with Gasteiger partial charge in [0.1, 0.15) is 5.75 Å². The molecule has 0 spiro atoms. The molecule has 3 aromatic rings. The number of halogens is 1. The maximum Gasteiger partial charge on any atom is 0.127 e. The maximum absolute atomic E-state index is 6.17. The molecule has 0 bridgehead atoms. The zero-order valence-corrected chi connectivity index (χ0v) is 12.2. The van der Waals surface area contributed by atoms with E-state index >= 15 is 0 Å². The van der Waals surface area contributed by atoms with Gasteiger partial charge in [-0.25, -0.2) is 0 Å². The van der Waals surface area contributed by atoms with Crippen LogP contribution in [-0.4, -0.2) is 7.11 Å². The van der Waals surface area contributed by atoms with E-state index in [-0.39, 0.29) is 0 Å². The van der Waals surface area contributed by atoms with Gasteiger partial charge in [0.2, 0.25) is 0 Å². The Hall–Kier alpha value is -1.99. The van der Waals surface area contributed by atoms with Crippen LogP contribution in [0.3, 0.4) is 0 Å². The fraction of sp³-hybridized carbons (Fsp3) is 0.111. The molecule has 0 saturated carbocycles. The van der Waals surface area contributed by atoms with E-state index in [9.17, 15) is 0 Å². The van der Waals surface area contributed by atoms with Crippen LogP contribution < -0.4 is 4.74 Å². The zero-order valence-electron chi connectivity index (χ0n) is 11.5. The van der Waals surface area contributed by atoms with Crippen molar-refractivity contribution in [2.75, 3.05) is 7.11 Å². The molecule has 0 aliphatic rings. The molecule has 3 rings (SSSR count). The predicted molar refractivity (Wildman–Crippen MR) is 85.7 cm³/mol. The molecule has 0 saturated heterocycles. The molecule has 1 nitrogen and oxygen atoms in total. The van der Waals surface area contributed by atoms with Crippen LogP contribution in [0, 0.1) is 6.92 Å². The Morgan fingerprint density at radius 1 is 0.950 bits per heavy atom. The maximum atomic E-state index is 6.17. The molecule has 0 heterocycles. The lowest BCUT2D eigenvalue weighted by atomic mass is 9.94. The van der Waals surface area contributed by atoms with E-state index in [0.29, 0.717) is 0 Å². The predicted octanol–water partition coefficient (Wildman–Crippen LogP) is 5.48. The third kappa shape index (κ3) is 2.14.